The molecule has 0 saturated carbocycles. The van der Waals surface area contributed by atoms with Crippen molar-refractivity contribution in [2.24, 2.45) is 12.1 Å². The molecule has 8 nitrogen and oxygen atoms in total. The second-order valence-electron chi connectivity index (χ2n) is 5.79. The predicted octanol–water partition coefficient (Wildman–Crippen LogP) is 2.56. The van der Waals surface area contributed by atoms with E-state index in [1.54, 1.807) is 19.1 Å². The number of hydrogen-bond acceptors (Lipinski definition) is 5. The highest BCUT2D eigenvalue weighted by Crippen LogP contribution is 2.15. The van der Waals surface area contributed by atoms with Crippen molar-refractivity contribution < 1.29 is 9.72 Å². The molecule has 0 radical (unpaired) electrons. The average molecular weight is 351 g/mol. The van der Waals surface area contributed by atoms with Gasteiger partial charge in [0.15, 0.2) is 0 Å². The van der Waals surface area contributed by atoms with Gasteiger partial charge >= 0.3 is 0 Å². The first-order valence-electron chi connectivity index (χ1n) is 7.94. The lowest BCUT2D eigenvalue weighted by molar-refractivity contribution is -0.384. The number of hydrazone groups is 1. The molecule has 0 spiro atoms. The number of nitro benzene ring substituents is 1. The van der Waals surface area contributed by atoms with E-state index in [0.717, 1.165) is 11.0 Å². The van der Waals surface area contributed by atoms with Crippen LogP contribution in [0.4, 0.5) is 5.69 Å². The Morgan fingerprint density at radius 1 is 1.23 bits per heavy atom. The number of aromatic nitrogens is 2. The minimum Gasteiger partial charge on any atom is -0.331 e. The minimum atomic E-state index is -0.463. The summed E-state index contributed by atoms with van der Waals surface area (Å²) in [5, 5.41) is 14.7. The van der Waals surface area contributed by atoms with Crippen LogP contribution in [-0.4, -0.2) is 26.1 Å². The van der Waals surface area contributed by atoms with E-state index < -0.39 is 4.92 Å². The number of carbonyl (C=O) groups excluding carboxylic acids is 1. The first-order chi connectivity index (χ1) is 12.5. The molecular formula is C18H17N5O3. The number of rotatable bonds is 5. The van der Waals surface area contributed by atoms with E-state index in [0.29, 0.717) is 17.1 Å². The summed E-state index contributed by atoms with van der Waals surface area (Å²) in [7, 11) is 1.86. The van der Waals surface area contributed by atoms with E-state index in [9.17, 15) is 14.9 Å². The number of carbonyl (C=O) groups is 1. The molecule has 0 aliphatic heterocycles. The van der Waals surface area contributed by atoms with E-state index in [4.69, 9.17) is 0 Å². The van der Waals surface area contributed by atoms with Crippen LogP contribution in [0.25, 0.3) is 11.0 Å². The van der Waals surface area contributed by atoms with Crippen molar-refractivity contribution in [3.63, 3.8) is 0 Å². The van der Waals surface area contributed by atoms with Gasteiger partial charge in [-0.25, -0.2) is 10.4 Å². The van der Waals surface area contributed by atoms with Gasteiger partial charge < -0.3 is 4.57 Å². The number of benzene rings is 2. The molecule has 1 amide bonds. The van der Waals surface area contributed by atoms with Crippen LogP contribution >= 0.6 is 0 Å². The molecule has 0 bridgehead atoms. The second-order valence-corrected chi connectivity index (χ2v) is 5.79. The van der Waals surface area contributed by atoms with Gasteiger partial charge in [0.25, 0.3) is 5.69 Å². The summed E-state index contributed by atoms with van der Waals surface area (Å²) in [6, 6.07) is 13.6. The number of para-hydroxylation sites is 2. The molecule has 3 aromatic rings. The number of nitrogens with one attached hydrogen (secondary N) is 1. The highest BCUT2D eigenvalue weighted by atomic mass is 16.6. The van der Waals surface area contributed by atoms with Gasteiger partial charge in [-0.3, -0.25) is 14.9 Å². The van der Waals surface area contributed by atoms with Crippen molar-refractivity contribution in [2.45, 2.75) is 13.3 Å². The zero-order valence-corrected chi connectivity index (χ0v) is 14.3. The highest BCUT2D eigenvalue weighted by Gasteiger charge is 2.11. The molecule has 0 aliphatic rings. The third-order valence-corrected chi connectivity index (χ3v) is 4.04. The molecule has 0 aliphatic carbocycles. The van der Waals surface area contributed by atoms with E-state index >= 15 is 0 Å². The molecule has 1 heterocycles. The summed E-state index contributed by atoms with van der Waals surface area (Å²) in [5.41, 5.74) is 5.55. The molecule has 8 heteroatoms. The minimum absolute atomic E-state index is 0.00688. The zero-order chi connectivity index (χ0) is 18.7. The van der Waals surface area contributed by atoms with Gasteiger partial charge in [-0.2, -0.15) is 5.10 Å². The van der Waals surface area contributed by atoms with Crippen molar-refractivity contribution in [3.8, 4) is 0 Å². The molecule has 3 rings (SSSR count). The number of non-ortho nitro benzene ring substituents is 1. The Hall–Kier alpha value is -3.55. The number of amides is 1. The lowest BCUT2D eigenvalue weighted by Gasteiger charge is -2.04. The van der Waals surface area contributed by atoms with Crippen molar-refractivity contribution in [1.29, 1.82) is 0 Å². The van der Waals surface area contributed by atoms with Gasteiger partial charge in [-0.05, 0) is 36.8 Å². The molecule has 1 aromatic heterocycles. The maximum atomic E-state index is 12.2. The molecule has 26 heavy (non-hydrogen) atoms. The van der Waals surface area contributed by atoms with Gasteiger partial charge in [0, 0.05) is 19.2 Å². The Balaban J connectivity index is 1.68. The Morgan fingerprint density at radius 3 is 2.58 bits per heavy atom. The number of nitro groups is 1. The van der Waals surface area contributed by atoms with Crippen LogP contribution in [0.15, 0.2) is 53.6 Å². The summed E-state index contributed by atoms with van der Waals surface area (Å²) in [6.07, 6.45) is 0.0994. The number of nitrogens with zero attached hydrogens (tertiary/aromatic N) is 4. The molecule has 0 atom stereocenters. The number of aryl methyl sites for hydroxylation is 1. The first-order valence-corrected chi connectivity index (χ1v) is 7.94. The fraction of sp³-hybridized carbons (Fsp3) is 0.167. The van der Waals surface area contributed by atoms with Crippen molar-refractivity contribution >= 4 is 28.3 Å². The molecule has 1 N–H and O–H groups in total. The van der Waals surface area contributed by atoms with Crippen LogP contribution in [0.3, 0.4) is 0 Å². The molecular weight excluding hydrogens is 334 g/mol. The maximum absolute atomic E-state index is 12.2. The van der Waals surface area contributed by atoms with Crippen molar-refractivity contribution in [3.05, 3.63) is 70.0 Å². The average Bonchev–Trinajstić information content (AvgIpc) is 2.95. The Kier molecular flexibility index (Phi) is 4.74. The third-order valence-electron chi connectivity index (χ3n) is 4.04. The molecule has 0 fully saturated rings. The summed E-state index contributed by atoms with van der Waals surface area (Å²) in [6.45, 7) is 1.72. The van der Waals surface area contributed by atoms with Gasteiger partial charge in [-0.1, -0.05) is 12.1 Å². The predicted molar refractivity (Wildman–Crippen MR) is 97.9 cm³/mol. The fourth-order valence-electron chi connectivity index (χ4n) is 2.57. The number of hydrogen-bond donors (Lipinski definition) is 1. The van der Waals surface area contributed by atoms with E-state index in [2.05, 4.69) is 15.5 Å². The summed E-state index contributed by atoms with van der Waals surface area (Å²) in [4.78, 5) is 26.8. The number of imidazole rings is 1. The van der Waals surface area contributed by atoms with E-state index in [-0.39, 0.29) is 18.0 Å². The second kappa shape index (κ2) is 7.14. The molecule has 0 saturated heterocycles. The van der Waals surface area contributed by atoms with Crippen molar-refractivity contribution in [1.82, 2.24) is 15.0 Å². The smallest absolute Gasteiger partial charge is 0.269 e. The zero-order valence-electron chi connectivity index (χ0n) is 14.3. The van der Waals surface area contributed by atoms with Crippen molar-refractivity contribution in [2.75, 3.05) is 0 Å². The SMILES string of the molecule is C/C(=N\NC(=O)Cc1nc2ccccc2n1C)c1ccc([N+](=O)[O-])cc1. The van der Waals surface area contributed by atoms with Crippen LogP contribution in [-0.2, 0) is 18.3 Å². The largest absolute Gasteiger partial charge is 0.331 e. The number of fused-ring (bicyclic) bond motifs is 1. The molecule has 0 unspecified atom stereocenters. The Bertz CT molecular complexity index is 1010. The third kappa shape index (κ3) is 3.59. The quantitative estimate of drug-likeness (QED) is 0.433. The van der Waals surface area contributed by atoms with E-state index in [1.807, 2.05) is 35.9 Å². The maximum Gasteiger partial charge on any atom is 0.269 e. The van der Waals surface area contributed by atoms with Crippen LogP contribution < -0.4 is 5.43 Å². The summed E-state index contributed by atoms with van der Waals surface area (Å²) >= 11 is 0. The summed E-state index contributed by atoms with van der Waals surface area (Å²) in [5.74, 6) is 0.358. The van der Waals surface area contributed by atoms with Gasteiger partial charge in [-0.15, -0.1) is 0 Å². The molecule has 2 aromatic carbocycles. The Morgan fingerprint density at radius 2 is 1.92 bits per heavy atom. The molecule has 132 valence electrons. The first kappa shape index (κ1) is 17.3. The van der Waals surface area contributed by atoms with Gasteiger partial charge in [0.05, 0.1) is 28.1 Å². The fourth-order valence-corrected chi connectivity index (χ4v) is 2.57. The van der Waals surface area contributed by atoms with Crippen LogP contribution in [0.5, 0.6) is 0 Å². The lowest BCUT2D eigenvalue weighted by Crippen LogP contribution is -2.22. The Labute approximate surface area is 149 Å². The van der Waals surface area contributed by atoms with Crippen LogP contribution in [0.2, 0.25) is 0 Å². The van der Waals surface area contributed by atoms with Crippen LogP contribution in [0.1, 0.15) is 18.3 Å². The van der Waals surface area contributed by atoms with E-state index in [1.165, 1.54) is 12.1 Å². The normalized spacial score (nSPS) is 11.5. The topological polar surface area (TPSA) is 102 Å². The monoisotopic (exact) mass is 351 g/mol. The van der Waals surface area contributed by atoms with Gasteiger partial charge in [0.2, 0.25) is 5.91 Å². The lowest BCUT2D eigenvalue weighted by atomic mass is 10.1. The highest BCUT2D eigenvalue weighted by molar-refractivity contribution is 5.99. The van der Waals surface area contributed by atoms with Gasteiger partial charge in [0.1, 0.15) is 5.82 Å². The van der Waals surface area contributed by atoms with Crippen LogP contribution in [0, 0.1) is 10.1 Å². The standard InChI is InChI=1S/C18H17N5O3/c1-12(13-7-9-14(10-8-13)23(25)26)20-21-18(24)11-17-19-15-5-3-4-6-16(15)22(17)2/h3-10H,11H2,1-2H3,(H,21,24)/b20-12+. The summed E-state index contributed by atoms with van der Waals surface area (Å²) < 4.78 is 1.88.